The molecule has 0 fully saturated rings. The second kappa shape index (κ2) is 9.73. The molecular formula is C24H25NO7. The van der Waals surface area contributed by atoms with Crippen molar-refractivity contribution in [2.24, 2.45) is 0 Å². The van der Waals surface area contributed by atoms with E-state index in [1.165, 1.54) is 42.5 Å². The molecule has 0 radical (unpaired) electrons. The number of hydrogen-bond donors (Lipinski definition) is 0. The standard InChI is InChI=1S/C24H25NO7/c1-23(2,3)31-29-21(27)18-12-11-17(13-19(18)22(28)30-32-24(4,5)6)20(26)16-9-7-15(14-25)8-10-16/h7-13H,1-6H3. The zero-order valence-corrected chi connectivity index (χ0v) is 18.8. The summed E-state index contributed by atoms with van der Waals surface area (Å²) in [5, 5.41) is 8.91. The maximum absolute atomic E-state index is 12.9. The van der Waals surface area contributed by atoms with Crippen LogP contribution >= 0.6 is 0 Å². The minimum atomic E-state index is -0.975. The quantitative estimate of drug-likeness (QED) is 0.366. The first-order chi connectivity index (χ1) is 14.8. The Bertz CT molecular complexity index is 1050. The van der Waals surface area contributed by atoms with Crippen molar-refractivity contribution in [2.45, 2.75) is 52.7 Å². The van der Waals surface area contributed by atoms with Crippen molar-refractivity contribution >= 4 is 17.7 Å². The molecule has 0 saturated heterocycles. The maximum Gasteiger partial charge on any atom is 0.374 e. The summed E-state index contributed by atoms with van der Waals surface area (Å²) >= 11 is 0. The molecule has 0 aliphatic heterocycles. The predicted octanol–water partition coefficient (Wildman–Crippen LogP) is 4.56. The molecule has 0 bridgehead atoms. The van der Waals surface area contributed by atoms with E-state index in [-0.39, 0.29) is 16.7 Å². The van der Waals surface area contributed by atoms with Crippen LogP contribution in [-0.4, -0.2) is 28.9 Å². The first-order valence-electron chi connectivity index (χ1n) is 9.80. The average Bonchev–Trinajstić information content (AvgIpc) is 2.74. The van der Waals surface area contributed by atoms with Crippen LogP contribution in [0.2, 0.25) is 0 Å². The molecule has 0 saturated carbocycles. The van der Waals surface area contributed by atoms with Crippen LogP contribution in [0.4, 0.5) is 0 Å². The van der Waals surface area contributed by atoms with Gasteiger partial charge in [-0.1, -0.05) is 6.07 Å². The van der Waals surface area contributed by atoms with Gasteiger partial charge in [0.1, 0.15) is 11.2 Å². The molecule has 0 unspecified atom stereocenters. The molecule has 32 heavy (non-hydrogen) atoms. The summed E-state index contributed by atoms with van der Waals surface area (Å²) in [6, 6.07) is 11.9. The minimum absolute atomic E-state index is 0.130. The molecule has 8 nitrogen and oxygen atoms in total. The topological polar surface area (TPSA) is 112 Å². The molecule has 0 N–H and O–H groups in total. The lowest BCUT2D eigenvalue weighted by molar-refractivity contribution is -0.302. The Hall–Kier alpha value is -3.54. The van der Waals surface area contributed by atoms with Gasteiger partial charge < -0.3 is 0 Å². The van der Waals surface area contributed by atoms with Crippen LogP contribution in [0.25, 0.3) is 0 Å². The molecular weight excluding hydrogens is 414 g/mol. The molecule has 168 valence electrons. The van der Waals surface area contributed by atoms with Gasteiger partial charge in [-0.05, 0) is 77.9 Å². The number of benzene rings is 2. The van der Waals surface area contributed by atoms with Crippen molar-refractivity contribution in [3.63, 3.8) is 0 Å². The highest BCUT2D eigenvalue weighted by Crippen LogP contribution is 2.21. The first-order valence-corrected chi connectivity index (χ1v) is 9.80. The molecule has 0 amide bonds. The SMILES string of the molecule is CC(C)(C)OOC(=O)c1ccc(C(=O)c2ccc(C#N)cc2)cc1C(=O)OOC(C)(C)C. The summed E-state index contributed by atoms with van der Waals surface area (Å²) in [5.74, 6) is -2.32. The number of ketones is 1. The molecule has 2 rings (SSSR count). The lowest BCUT2D eigenvalue weighted by atomic mass is 9.97. The van der Waals surface area contributed by atoms with Gasteiger partial charge in [-0.15, -0.1) is 0 Å². The van der Waals surface area contributed by atoms with Gasteiger partial charge in [0.2, 0.25) is 0 Å². The van der Waals surface area contributed by atoms with Crippen molar-refractivity contribution in [1.82, 2.24) is 0 Å². The molecule has 0 aliphatic rings. The maximum atomic E-state index is 12.9. The zero-order valence-electron chi connectivity index (χ0n) is 18.8. The van der Waals surface area contributed by atoms with Crippen molar-refractivity contribution in [3.05, 3.63) is 70.3 Å². The molecule has 8 heteroatoms. The minimum Gasteiger partial charge on any atom is -0.292 e. The molecule has 0 aliphatic carbocycles. The van der Waals surface area contributed by atoms with Crippen LogP contribution in [0, 0.1) is 11.3 Å². The van der Waals surface area contributed by atoms with E-state index in [0.29, 0.717) is 11.1 Å². The summed E-state index contributed by atoms with van der Waals surface area (Å²) in [5.41, 5.74) is -1.10. The van der Waals surface area contributed by atoms with Crippen LogP contribution in [0.3, 0.4) is 0 Å². The van der Waals surface area contributed by atoms with Gasteiger partial charge in [0.05, 0.1) is 22.8 Å². The third-order valence-electron chi connectivity index (χ3n) is 3.73. The Morgan fingerprint density at radius 3 is 1.66 bits per heavy atom. The van der Waals surface area contributed by atoms with E-state index in [0.717, 1.165) is 0 Å². The number of hydrogen-bond acceptors (Lipinski definition) is 8. The van der Waals surface area contributed by atoms with Gasteiger partial charge in [0, 0.05) is 11.1 Å². The molecule has 0 spiro atoms. The van der Waals surface area contributed by atoms with Gasteiger partial charge in [0.25, 0.3) is 0 Å². The third kappa shape index (κ3) is 7.01. The first kappa shape index (κ1) is 24.7. The molecule has 2 aromatic carbocycles. The number of nitrogens with zero attached hydrogens (tertiary/aromatic N) is 1. The summed E-state index contributed by atoms with van der Waals surface area (Å²) in [6.07, 6.45) is 0. The fourth-order valence-corrected chi connectivity index (χ4v) is 2.31. The van der Waals surface area contributed by atoms with Crippen LogP contribution < -0.4 is 0 Å². The molecule has 0 heterocycles. The fourth-order valence-electron chi connectivity index (χ4n) is 2.31. The van der Waals surface area contributed by atoms with Crippen LogP contribution in [-0.2, 0) is 19.6 Å². The van der Waals surface area contributed by atoms with E-state index < -0.39 is 28.9 Å². The Balaban J connectivity index is 2.41. The molecule has 2 aromatic rings. The van der Waals surface area contributed by atoms with E-state index >= 15 is 0 Å². The normalized spacial score (nSPS) is 11.4. The molecule has 0 aromatic heterocycles. The number of carbonyl (C=O) groups is 3. The highest BCUT2D eigenvalue weighted by molar-refractivity contribution is 6.11. The Morgan fingerprint density at radius 2 is 1.19 bits per heavy atom. The second-order valence-electron chi connectivity index (χ2n) is 8.91. The van der Waals surface area contributed by atoms with E-state index in [2.05, 4.69) is 0 Å². The molecule has 0 atom stereocenters. The van der Waals surface area contributed by atoms with Gasteiger partial charge in [0.15, 0.2) is 5.78 Å². The highest BCUT2D eigenvalue weighted by Gasteiger charge is 2.26. The predicted molar refractivity (Wildman–Crippen MR) is 114 cm³/mol. The summed E-state index contributed by atoms with van der Waals surface area (Å²) in [7, 11) is 0. The Morgan fingerprint density at radius 1 is 0.719 bits per heavy atom. The van der Waals surface area contributed by atoms with Gasteiger partial charge in [-0.2, -0.15) is 15.0 Å². The third-order valence-corrected chi connectivity index (χ3v) is 3.73. The number of rotatable bonds is 6. The van der Waals surface area contributed by atoms with Crippen molar-refractivity contribution in [2.75, 3.05) is 0 Å². The fraction of sp³-hybridized carbons (Fsp3) is 0.333. The van der Waals surface area contributed by atoms with E-state index in [1.807, 2.05) is 6.07 Å². The number of carbonyl (C=O) groups excluding carboxylic acids is 3. The van der Waals surface area contributed by atoms with Crippen LogP contribution in [0.15, 0.2) is 42.5 Å². The summed E-state index contributed by atoms with van der Waals surface area (Å²) in [4.78, 5) is 57.9. The van der Waals surface area contributed by atoms with Crippen molar-refractivity contribution in [3.8, 4) is 6.07 Å². The lowest BCUT2D eigenvalue weighted by Crippen LogP contribution is -2.25. The average molecular weight is 439 g/mol. The Kier molecular flexibility index (Phi) is 7.52. The highest BCUT2D eigenvalue weighted by atomic mass is 17.2. The summed E-state index contributed by atoms with van der Waals surface area (Å²) in [6.45, 7) is 10.1. The lowest BCUT2D eigenvalue weighted by Gasteiger charge is -2.18. The van der Waals surface area contributed by atoms with Crippen molar-refractivity contribution in [1.29, 1.82) is 5.26 Å². The van der Waals surface area contributed by atoms with E-state index in [9.17, 15) is 14.4 Å². The largest absolute Gasteiger partial charge is 0.374 e. The van der Waals surface area contributed by atoms with Gasteiger partial charge >= 0.3 is 11.9 Å². The van der Waals surface area contributed by atoms with Crippen LogP contribution in [0.1, 0.15) is 83.7 Å². The van der Waals surface area contributed by atoms with E-state index in [4.69, 9.17) is 24.8 Å². The van der Waals surface area contributed by atoms with Gasteiger partial charge in [-0.3, -0.25) is 14.6 Å². The zero-order chi connectivity index (χ0) is 24.1. The Labute approximate surface area is 186 Å². The smallest absolute Gasteiger partial charge is 0.292 e. The van der Waals surface area contributed by atoms with Crippen molar-refractivity contribution < 1.29 is 33.9 Å². The number of nitriles is 1. The summed E-state index contributed by atoms with van der Waals surface area (Å²) < 4.78 is 0. The van der Waals surface area contributed by atoms with Gasteiger partial charge in [-0.25, -0.2) is 9.59 Å². The second-order valence-corrected chi connectivity index (χ2v) is 8.91. The van der Waals surface area contributed by atoms with Crippen LogP contribution in [0.5, 0.6) is 0 Å². The van der Waals surface area contributed by atoms with E-state index in [1.54, 1.807) is 41.5 Å². The monoisotopic (exact) mass is 439 g/mol.